The molecule has 2 aromatic heterocycles. The maximum absolute atomic E-state index is 12.7. The number of hydrogen-bond acceptors (Lipinski definition) is 5. The molecule has 0 radical (unpaired) electrons. The van der Waals surface area contributed by atoms with Crippen LogP contribution < -0.4 is 11.0 Å². The Morgan fingerprint density at radius 1 is 1.00 bits per heavy atom. The number of fused-ring (bicyclic) bond motifs is 3. The molecule has 2 aromatic carbocycles. The molecule has 1 aliphatic rings. The van der Waals surface area contributed by atoms with Crippen LogP contribution in [0.5, 0.6) is 5.75 Å². The smallest absolute Gasteiger partial charge is 0.327 e. The summed E-state index contributed by atoms with van der Waals surface area (Å²) in [5.74, 6) is 1.51. The van der Waals surface area contributed by atoms with Gasteiger partial charge in [0.25, 0.3) is 0 Å². The standard InChI is InChI=1S/C22H20N6O2/c1-14-2-4-16(5-3-14)11-28-21-19(26-22(28)30)18-20(23-12-24-21)27(13-25-18)10-15-6-8-17(29)9-7-15/h2-9,12-13,29H,10-11H2,1H3,(H,23,24)(H,26,30). The molecule has 0 saturated carbocycles. The van der Waals surface area contributed by atoms with E-state index in [-0.39, 0.29) is 11.4 Å². The molecule has 5 rings (SSSR count). The van der Waals surface area contributed by atoms with Gasteiger partial charge in [-0.15, -0.1) is 0 Å². The molecule has 0 saturated heterocycles. The first-order valence-electron chi connectivity index (χ1n) is 9.59. The Kier molecular flexibility index (Phi) is 4.24. The number of imidazole rings is 2. The number of aromatic hydroxyl groups is 1. The average Bonchev–Trinajstić information content (AvgIpc) is 3.21. The van der Waals surface area contributed by atoms with Gasteiger partial charge in [0.05, 0.1) is 25.8 Å². The molecule has 0 unspecified atom stereocenters. The highest BCUT2D eigenvalue weighted by molar-refractivity contribution is 5.90. The highest BCUT2D eigenvalue weighted by atomic mass is 16.3. The van der Waals surface area contributed by atoms with Gasteiger partial charge in [0.2, 0.25) is 0 Å². The number of aromatic nitrogens is 4. The van der Waals surface area contributed by atoms with Crippen molar-refractivity contribution in [2.75, 3.05) is 5.32 Å². The molecule has 4 aromatic rings. The molecule has 150 valence electrons. The van der Waals surface area contributed by atoms with Crippen LogP contribution in [0.3, 0.4) is 0 Å². The number of aromatic amines is 1. The van der Waals surface area contributed by atoms with Crippen molar-refractivity contribution in [3.63, 3.8) is 0 Å². The summed E-state index contributed by atoms with van der Waals surface area (Å²) in [7, 11) is 0. The van der Waals surface area contributed by atoms with Crippen LogP contribution in [0.1, 0.15) is 16.7 Å². The molecule has 8 nitrogen and oxygen atoms in total. The van der Waals surface area contributed by atoms with Crippen molar-refractivity contribution in [3.05, 3.63) is 82.0 Å². The van der Waals surface area contributed by atoms with Gasteiger partial charge in [0.1, 0.15) is 23.0 Å². The number of phenols is 1. The second-order valence-electron chi connectivity index (χ2n) is 7.34. The second-order valence-corrected chi connectivity index (χ2v) is 7.34. The van der Waals surface area contributed by atoms with Crippen molar-refractivity contribution >= 4 is 18.0 Å². The molecule has 3 heterocycles. The van der Waals surface area contributed by atoms with Crippen molar-refractivity contribution in [1.82, 2.24) is 19.1 Å². The van der Waals surface area contributed by atoms with Gasteiger partial charge >= 0.3 is 5.69 Å². The number of nitrogens with one attached hydrogen (secondary N) is 2. The van der Waals surface area contributed by atoms with Crippen LogP contribution in [0.25, 0.3) is 11.4 Å². The van der Waals surface area contributed by atoms with Gasteiger partial charge in [-0.2, -0.15) is 0 Å². The molecule has 0 amide bonds. The van der Waals surface area contributed by atoms with Crippen LogP contribution in [-0.4, -0.2) is 30.5 Å². The lowest BCUT2D eigenvalue weighted by Crippen LogP contribution is -2.19. The minimum Gasteiger partial charge on any atom is -0.508 e. The first kappa shape index (κ1) is 18.0. The maximum Gasteiger partial charge on any atom is 0.327 e. The topological polar surface area (TPSA) is 100 Å². The first-order chi connectivity index (χ1) is 14.6. The van der Waals surface area contributed by atoms with E-state index in [1.807, 2.05) is 47.9 Å². The van der Waals surface area contributed by atoms with E-state index in [0.717, 1.165) is 11.1 Å². The predicted octanol–water partition coefficient (Wildman–Crippen LogP) is 3.24. The number of anilines is 1. The predicted molar refractivity (Wildman–Crippen MR) is 116 cm³/mol. The lowest BCUT2D eigenvalue weighted by atomic mass is 10.1. The zero-order chi connectivity index (χ0) is 20.7. The molecular weight excluding hydrogens is 380 g/mol. The Balaban J connectivity index is 1.52. The molecule has 0 bridgehead atoms. The maximum atomic E-state index is 12.7. The van der Waals surface area contributed by atoms with Gasteiger partial charge in [0, 0.05) is 0 Å². The Labute approximate surface area is 172 Å². The Bertz CT molecular complexity index is 1290. The summed E-state index contributed by atoms with van der Waals surface area (Å²) in [6.45, 7) is 3.02. The Morgan fingerprint density at radius 3 is 2.47 bits per heavy atom. The molecule has 0 atom stereocenters. The SMILES string of the molecule is Cc1ccc(Cn2c3c([nH]c2=O)-c2ncn(Cc4ccc(O)cc4)c2N=CN3)cc1. The first-order valence-corrected chi connectivity index (χ1v) is 9.59. The monoisotopic (exact) mass is 400 g/mol. The van der Waals surface area contributed by atoms with Gasteiger partial charge < -0.3 is 20.0 Å². The fourth-order valence-corrected chi connectivity index (χ4v) is 3.57. The molecule has 0 spiro atoms. The summed E-state index contributed by atoms with van der Waals surface area (Å²) in [5, 5.41) is 12.6. The highest BCUT2D eigenvalue weighted by Crippen LogP contribution is 2.34. The van der Waals surface area contributed by atoms with Gasteiger partial charge in [-0.3, -0.25) is 4.57 Å². The summed E-state index contributed by atoms with van der Waals surface area (Å²) in [6.07, 6.45) is 3.29. The summed E-state index contributed by atoms with van der Waals surface area (Å²) in [6, 6.07) is 15.1. The quantitative estimate of drug-likeness (QED) is 0.490. The van der Waals surface area contributed by atoms with Crippen LogP contribution in [0.15, 0.2) is 64.6 Å². The Morgan fingerprint density at radius 2 is 1.70 bits per heavy atom. The van der Waals surface area contributed by atoms with Crippen LogP contribution in [0.4, 0.5) is 11.6 Å². The van der Waals surface area contributed by atoms with E-state index in [4.69, 9.17) is 0 Å². The molecular formula is C22H20N6O2. The van der Waals surface area contributed by atoms with E-state index in [0.29, 0.717) is 36.1 Å². The van der Waals surface area contributed by atoms with Crippen molar-refractivity contribution in [1.29, 1.82) is 0 Å². The van der Waals surface area contributed by atoms with Crippen molar-refractivity contribution in [3.8, 4) is 17.1 Å². The number of aliphatic imine (C=N–C) groups is 1. The summed E-state index contributed by atoms with van der Waals surface area (Å²) < 4.78 is 3.56. The number of nitrogens with zero attached hydrogens (tertiary/aromatic N) is 4. The second kappa shape index (κ2) is 7.07. The van der Waals surface area contributed by atoms with Gasteiger partial charge in [-0.25, -0.2) is 14.8 Å². The van der Waals surface area contributed by atoms with Crippen molar-refractivity contribution in [2.45, 2.75) is 20.0 Å². The average molecular weight is 400 g/mol. The zero-order valence-corrected chi connectivity index (χ0v) is 16.3. The normalized spacial score (nSPS) is 12.2. The zero-order valence-electron chi connectivity index (χ0n) is 16.3. The van der Waals surface area contributed by atoms with Crippen molar-refractivity contribution < 1.29 is 5.11 Å². The third-order valence-corrected chi connectivity index (χ3v) is 5.17. The summed E-state index contributed by atoms with van der Waals surface area (Å²) in [5.41, 5.74) is 4.24. The largest absolute Gasteiger partial charge is 0.508 e. The highest BCUT2D eigenvalue weighted by Gasteiger charge is 2.23. The minimum atomic E-state index is -0.206. The van der Waals surface area contributed by atoms with E-state index in [9.17, 15) is 9.90 Å². The molecule has 0 fully saturated rings. The van der Waals surface area contributed by atoms with Crippen LogP contribution in [-0.2, 0) is 13.1 Å². The third-order valence-electron chi connectivity index (χ3n) is 5.17. The number of aryl methyl sites for hydroxylation is 1. The summed E-state index contributed by atoms with van der Waals surface area (Å²) >= 11 is 0. The molecule has 0 aliphatic carbocycles. The van der Waals surface area contributed by atoms with Gasteiger partial charge in [-0.05, 0) is 30.2 Å². The van der Waals surface area contributed by atoms with E-state index in [1.54, 1.807) is 29.4 Å². The minimum absolute atomic E-state index is 0.206. The van der Waals surface area contributed by atoms with Gasteiger partial charge in [-0.1, -0.05) is 42.0 Å². The summed E-state index contributed by atoms with van der Waals surface area (Å²) in [4.78, 5) is 24.7. The van der Waals surface area contributed by atoms with Crippen LogP contribution in [0.2, 0.25) is 0 Å². The number of H-pyrrole nitrogens is 1. The molecule has 1 aliphatic heterocycles. The number of hydrogen-bond donors (Lipinski definition) is 3. The van der Waals surface area contributed by atoms with E-state index < -0.39 is 0 Å². The number of phenolic OH excluding ortho intramolecular Hbond substituents is 1. The van der Waals surface area contributed by atoms with E-state index >= 15 is 0 Å². The third kappa shape index (κ3) is 3.18. The lowest BCUT2D eigenvalue weighted by Gasteiger charge is -2.07. The lowest BCUT2D eigenvalue weighted by molar-refractivity contribution is 0.475. The van der Waals surface area contributed by atoms with Crippen LogP contribution >= 0.6 is 0 Å². The fourth-order valence-electron chi connectivity index (χ4n) is 3.57. The number of rotatable bonds is 4. The fraction of sp³-hybridized carbons (Fsp3) is 0.136. The molecule has 3 N–H and O–H groups in total. The van der Waals surface area contributed by atoms with Crippen LogP contribution in [0, 0.1) is 6.92 Å². The number of benzene rings is 2. The molecule has 8 heteroatoms. The van der Waals surface area contributed by atoms with E-state index in [2.05, 4.69) is 20.3 Å². The van der Waals surface area contributed by atoms with Crippen molar-refractivity contribution in [2.24, 2.45) is 4.99 Å². The van der Waals surface area contributed by atoms with E-state index in [1.165, 1.54) is 5.56 Å². The molecule has 30 heavy (non-hydrogen) atoms. The van der Waals surface area contributed by atoms with Gasteiger partial charge in [0.15, 0.2) is 5.82 Å². The Hall–Kier alpha value is -4.07.